The fourth-order valence-electron chi connectivity index (χ4n) is 3.09. The van der Waals surface area contributed by atoms with E-state index in [2.05, 4.69) is 17.6 Å². The van der Waals surface area contributed by atoms with Crippen LogP contribution in [0.2, 0.25) is 0 Å². The molecule has 18 heavy (non-hydrogen) atoms. The minimum Gasteiger partial charge on any atom is -0.481 e. The third-order valence-electron chi connectivity index (χ3n) is 4.30. The second-order valence-corrected chi connectivity index (χ2v) is 5.68. The molecule has 4 unspecified atom stereocenters. The first-order valence-electron chi connectivity index (χ1n) is 6.86. The molecule has 0 heterocycles. The van der Waals surface area contributed by atoms with Crippen molar-refractivity contribution >= 4 is 12.0 Å². The third-order valence-corrected chi connectivity index (χ3v) is 4.30. The molecule has 5 heteroatoms. The van der Waals surface area contributed by atoms with E-state index >= 15 is 0 Å². The lowest BCUT2D eigenvalue weighted by Crippen LogP contribution is -2.46. The quantitative estimate of drug-likeness (QED) is 0.717. The minimum atomic E-state index is -0.746. The van der Waals surface area contributed by atoms with Crippen molar-refractivity contribution in [1.29, 1.82) is 0 Å². The van der Waals surface area contributed by atoms with E-state index in [4.69, 9.17) is 5.11 Å². The number of nitrogens with one attached hydrogen (secondary N) is 2. The number of carboxylic acid groups (broad SMARTS) is 1. The molecule has 2 aliphatic carbocycles. The largest absolute Gasteiger partial charge is 0.481 e. The Morgan fingerprint density at radius 1 is 1.11 bits per heavy atom. The van der Waals surface area contributed by atoms with E-state index in [1.54, 1.807) is 0 Å². The summed E-state index contributed by atoms with van der Waals surface area (Å²) < 4.78 is 0. The lowest BCUT2D eigenvalue weighted by molar-refractivity contribution is -0.141. The Balaban J connectivity index is 1.73. The number of hydrogen-bond donors (Lipinski definition) is 3. The molecular formula is C13H22N2O3. The van der Waals surface area contributed by atoms with Crippen LogP contribution in [0.25, 0.3) is 0 Å². The molecule has 102 valence electrons. The van der Waals surface area contributed by atoms with Gasteiger partial charge in [-0.3, -0.25) is 4.79 Å². The zero-order valence-electron chi connectivity index (χ0n) is 10.8. The Labute approximate surface area is 107 Å². The van der Waals surface area contributed by atoms with E-state index in [1.807, 2.05) is 0 Å². The maximum atomic E-state index is 11.8. The normalized spacial score (nSPS) is 35.4. The number of carbonyl (C=O) groups excluding carboxylic acids is 1. The van der Waals surface area contributed by atoms with Gasteiger partial charge in [0.1, 0.15) is 0 Å². The molecule has 0 aromatic heterocycles. The number of hydrogen-bond acceptors (Lipinski definition) is 2. The molecule has 0 aliphatic heterocycles. The Morgan fingerprint density at radius 2 is 1.89 bits per heavy atom. The highest BCUT2D eigenvalue weighted by atomic mass is 16.4. The minimum absolute atomic E-state index is 0.0165. The monoisotopic (exact) mass is 254 g/mol. The third kappa shape index (κ3) is 3.15. The number of aliphatic carboxylic acids is 1. The van der Waals surface area contributed by atoms with Crippen LogP contribution < -0.4 is 10.6 Å². The predicted octanol–water partition coefficient (Wildman–Crippen LogP) is 1.73. The molecule has 2 aliphatic rings. The van der Waals surface area contributed by atoms with E-state index in [9.17, 15) is 9.59 Å². The number of amides is 2. The maximum Gasteiger partial charge on any atom is 0.315 e. The van der Waals surface area contributed by atoms with Crippen LogP contribution in [0.4, 0.5) is 4.79 Å². The van der Waals surface area contributed by atoms with Gasteiger partial charge in [-0.25, -0.2) is 4.79 Å². The van der Waals surface area contributed by atoms with Gasteiger partial charge in [-0.1, -0.05) is 13.3 Å². The van der Waals surface area contributed by atoms with Crippen molar-refractivity contribution in [3.05, 3.63) is 0 Å². The van der Waals surface area contributed by atoms with Crippen LogP contribution >= 0.6 is 0 Å². The molecular weight excluding hydrogens is 232 g/mol. The highest BCUT2D eigenvalue weighted by Crippen LogP contribution is 2.26. The molecule has 0 saturated heterocycles. The van der Waals surface area contributed by atoms with Gasteiger partial charge in [0.25, 0.3) is 0 Å². The average molecular weight is 254 g/mol. The summed E-state index contributed by atoms with van der Waals surface area (Å²) in [7, 11) is 0. The molecule has 0 bridgehead atoms. The Kier molecular flexibility index (Phi) is 4.09. The number of carbonyl (C=O) groups is 2. The number of carboxylic acids is 1. The SMILES string of the molecule is CC1CCCC1NC(=O)NC1CCC(C(=O)O)C1. The van der Waals surface area contributed by atoms with Crippen LogP contribution in [0.15, 0.2) is 0 Å². The standard InChI is InChI=1S/C13H22N2O3/c1-8-3-2-4-11(8)15-13(18)14-10-6-5-9(7-10)12(16)17/h8-11H,2-7H2,1H3,(H,16,17)(H2,14,15,18). The van der Waals surface area contributed by atoms with Gasteiger partial charge in [-0.2, -0.15) is 0 Å². The first-order valence-corrected chi connectivity index (χ1v) is 6.86. The van der Waals surface area contributed by atoms with Gasteiger partial charge in [0, 0.05) is 12.1 Å². The lowest BCUT2D eigenvalue weighted by Gasteiger charge is -2.20. The van der Waals surface area contributed by atoms with Gasteiger partial charge in [0.05, 0.1) is 5.92 Å². The molecule has 2 saturated carbocycles. The Morgan fingerprint density at radius 3 is 2.44 bits per heavy atom. The molecule has 2 rings (SSSR count). The fraction of sp³-hybridized carbons (Fsp3) is 0.846. The fourth-order valence-corrected chi connectivity index (χ4v) is 3.09. The van der Waals surface area contributed by atoms with Crippen molar-refractivity contribution in [1.82, 2.24) is 10.6 Å². The van der Waals surface area contributed by atoms with Crippen LogP contribution in [-0.2, 0) is 4.79 Å². The van der Waals surface area contributed by atoms with Gasteiger partial charge < -0.3 is 15.7 Å². The highest BCUT2D eigenvalue weighted by Gasteiger charge is 2.31. The van der Waals surface area contributed by atoms with Gasteiger partial charge in [0.2, 0.25) is 0 Å². The zero-order valence-corrected chi connectivity index (χ0v) is 10.8. The highest BCUT2D eigenvalue weighted by molar-refractivity contribution is 5.75. The maximum absolute atomic E-state index is 11.8. The molecule has 4 atom stereocenters. The second kappa shape index (κ2) is 5.59. The Hall–Kier alpha value is -1.26. The zero-order chi connectivity index (χ0) is 13.1. The Bertz CT molecular complexity index is 332. The second-order valence-electron chi connectivity index (χ2n) is 5.68. The predicted molar refractivity (Wildman–Crippen MR) is 67.2 cm³/mol. The van der Waals surface area contributed by atoms with E-state index in [-0.39, 0.29) is 24.0 Å². The molecule has 2 amide bonds. The first kappa shape index (κ1) is 13.2. The lowest BCUT2D eigenvalue weighted by atomic mass is 10.1. The summed E-state index contributed by atoms with van der Waals surface area (Å²) >= 11 is 0. The molecule has 0 aromatic rings. The number of urea groups is 1. The van der Waals surface area contributed by atoms with Crippen LogP contribution in [0.1, 0.15) is 45.4 Å². The molecule has 3 N–H and O–H groups in total. The van der Waals surface area contributed by atoms with Gasteiger partial charge in [-0.15, -0.1) is 0 Å². The van der Waals surface area contributed by atoms with E-state index in [1.165, 1.54) is 12.8 Å². The molecule has 5 nitrogen and oxygen atoms in total. The van der Waals surface area contributed by atoms with E-state index < -0.39 is 5.97 Å². The van der Waals surface area contributed by atoms with Gasteiger partial charge >= 0.3 is 12.0 Å². The topological polar surface area (TPSA) is 78.4 Å². The smallest absolute Gasteiger partial charge is 0.315 e. The van der Waals surface area contributed by atoms with Gasteiger partial charge in [-0.05, 0) is 38.0 Å². The van der Waals surface area contributed by atoms with Crippen LogP contribution in [0, 0.1) is 11.8 Å². The van der Waals surface area contributed by atoms with Crippen molar-refractivity contribution in [2.75, 3.05) is 0 Å². The van der Waals surface area contributed by atoms with Crippen LogP contribution in [0.3, 0.4) is 0 Å². The summed E-state index contributed by atoms with van der Waals surface area (Å²) in [5.74, 6) is -0.490. The molecule has 2 fully saturated rings. The average Bonchev–Trinajstić information content (AvgIpc) is 2.89. The summed E-state index contributed by atoms with van der Waals surface area (Å²) in [6.07, 6.45) is 5.40. The first-order chi connectivity index (χ1) is 8.56. The molecule has 0 spiro atoms. The van der Waals surface area contributed by atoms with Crippen LogP contribution in [-0.4, -0.2) is 29.2 Å². The summed E-state index contributed by atoms with van der Waals surface area (Å²) in [5.41, 5.74) is 0. The summed E-state index contributed by atoms with van der Waals surface area (Å²) in [6.45, 7) is 2.16. The van der Waals surface area contributed by atoms with Crippen molar-refractivity contribution in [2.45, 2.75) is 57.5 Å². The van der Waals surface area contributed by atoms with Crippen LogP contribution in [0.5, 0.6) is 0 Å². The molecule has 0 aromatic carbocycles. The van der Waals surface area contributed by atoms with Crippen molar-refractivity contribution in [2.24, 2.45) is 11.8 Å². The van der Waals surface area contributed by atoms with Crippen molar-refractivity contribution in [3.8, 4) is 0 Å². The van der Waals surface area contributed by atoms with E-state index in [0.717, 1.165) is 12.8 Å². The van der Waals surface area contributed by atoms with Gasteiger partial charge in [0.15, 0.2) is 0 Å². The summed E-state index contributed by atoms with van der Waals surface area (Å²) in [4.78, 5) is 22.6. The van der Waals surface area contributed by atoms with Crippen molar-refractivity contribution < 1.29 is 14.7 Å². The van der Waals surface area contributed by atoms with E-state index in [0.29, 0.717) is 18.8 Å². The van der Waals surface area contributed by atoms with Crippen molar-refractivity contribution in [3.63, 3.8) is 0 Å². The summed E-state index contributed by atoms with van der Waals surface area (Å²) in [5, 5.41) is 14.8. The summed E-state index contributed by atoms with van der Waals surface area (Å²) in [6, 6.07) is 0.161. The number of rotatable bonds is 3. The molecule has 0 radical (unpaired) electrons.